The lowest BCUT2D eigenvalue weighted by Gasteiger charge is -2.11. The lowest BCUT2D eigenvalue weighted by molar-refractivity contribution is -0.147. The second-order valence-corrected chi connectivity index (χ2v) is 1.56. The first-order valence-corrected chi connectivity index (χ1v) is 2.30. The molecule has 0 aromatic rings. The topological polar surface area (TPSA) is 26.0 Å². The molecule has 8 heavy (non-hydrogen) atoms. The van der Waals surface area contributed by atoms with E-state index < -0.39 is 12.2 Å². The summed E-state index contributed by atoms with van der Waals surface area (Å²) in [4.78, 5) is 0. The molecule has 0 heterocycles. The maximum atomic E-state index is 11.3. The summed E-state index contributed by atoms with van der Waals surface area (Å²) < 4.78 is 34.0. The third kappa shape index (κ3) is 2.16. The van der Waals surface area contributed by atoms with Crippen molar-refractivity contribution in [3.63, 3.8) is 0 Å². The molecule has 2 N–H and O–H groups in total. The molecule has 1 unspecified atom stereocenters. The smallest absolute Gasteiger partial charge is 0.320 e. The van der Waals surface area contributed by atoms with Gasteiger partial charge in [-0.1, -0.05) is 6.92 Å². The average Bonchev–Trinajstić information content (AvgIpc) is 1.62. The van der Waals surface area contributed by atoms with Gasteiger partial charge in [-0.15, -0.1) is 0 Å². The first-order chi connectivity index (χ1) is 3.48. The Morgan fingerprint density at radius 3 is 1.88 bits per heavy atom. The minimum absolute atomic E-state index is 0.0521. The second kappa shape index (κ2) is 2.35. The summed E-state index contributed by atoms with van der Waals surface area (Å²) in [5, 5.41) is 0. The van der Waals surface area contributed by atoms with Gasteiger partial charge in [0.1, 0.15) is 6.04 Å². The maximum Gasteiger partial charge on any atom is 0.403 e. The van der Waals surface area contributed by atoms with Crippen molar-refractivity contribution in [2.75, 3.05) is 0 Å². The highest BCUT2D eigenvalue weighted by molar-refractivity contribution is 4.66. The van der Waals surface area contributed by atoms with Crippen molar-refractivity contribution in [1.82, 2.24) is 0 Å². The lowest BCUT2D eigenvalue weighted by Crippen LogP contribution is -2.36. The Morgan fingerprint density at radius 2 is 1.88 bits per heavy atom. The van der Waals surface area contributed by atoms with Crippen LogP contribution in [0.4, 0.5) is 13.2 Å². The molecule has 1 nitrogen and oxygen atoms in total. The van der Waals surface area contributed by atoms with E-state index in [0.29, 0.717) is 0 Å². The van der Waals surface area contributed by atoms with Gasteiger partial charge in [-0.25, -0.2) is 0 Å². The second-order valence-electron chi connectivity index (χ2n) is 1.56. The highest BCUT2D eigenvalue weighted by Crippen LogP contribution is 2.19. The third-order valence-electron chi connectivity index (χ3n) is 0.860. The molecular formula is C4H8F3N. The molecule has 0 saturated carbocycles. The van der Waals surface area contributed by atoms with Crippen molar-refractivity contribution in [3.8, 4) is 0 Å². The molecule has 0 spiro atoms. The Hall–Kier alpha value is -0.250. The van der Waals surface area contributed by atoms with Crippen molar-refractivity contribution in [2.24, 2.45) is 5.73 Å². The number of rotatable bonds is 1. The highest BCUT2D eigenvalue weighted by atomic mass is 19.4. The summed E-state index contributed by atoms with van der Waals surface area (Å²) in [6, 6.07) is -1.65. The molecular weight excluding hydrogens is 119 g/mol. The normalized spacial score (nSPS) is 16.1. The fourth-order valence-electron chi connectivity index (χ4n) is 0.231. The molecule has 0 aromatic heterocycles. The van der Waals surface area contributed by atoms with Crippen LogP contribution in [0.25, 0.3) is 0 Å². The summed E-state index contributed by atoms with van der Waals surface area (Å²) in [6.07, 6.45) is -4.27. The number of nitrogens with two attached hydrogens (primary N) is 1. The number of alkyl halides is 3. The first-order valence-electron chi connectivity index (χ1n) is 2.30. The van der Waals surface area contributed by atoms with Crippen LogP contribution in [0.15, 0.2) is 0 Å². The van der Waals surface area contributed by atoms with Gasteiger partial charge in [0, 0.05) is 0 Å². The van der Waals surface area contributed by atoms with Crippen LogP contribution >= 0.6 is 0 Å². The standard InChI is InChI=1S/C4H8F3N/c1-2-3(8)4(5,6)7/h3H,2,8H2,1H3. The van der Waals surface area contributed by atoms with Crippen LogP contribution in [0.1, 0.15) is 13.3 Å². The van der Waals surface area contributed by atoms with Gasteiger partial charge in [-0.3, -0.25) is 0 Å². The quantitative estimate of drug-likeness (QED) is 0.564. The van der Waals surface area contributed by atoms with Gasteiger partial charge in [-0.05, 0) is 6.42 Å². The van der Waals surface area contributed by atoms with Crippen LogP contribution in [0.3, 0.4) is 0 Å². The largest absolute Gasteiger partial charge is 0.403 e. The Labute approximate surface area is 45.7 Å². The average molecular weight is 127 g/mol. The summed E-state index contributed by atoms with van der Waals surface area (Å²) in [7, 11) is 0. The van der Waals surface area contributed by atoms with Crippen LogP contribution in [0, 0.1) is 0 Å². The van der Waals surface area contributed by atoms with E-state index in [-0.39, 0.29) is 6.42 Å². The van der Waals surface area contributed by atoms with Crippen LogP contribution in [-0.4, -0.2) is 12.2 Å². The molecule has 0 aliphatic carbocycles. The van der Waals surface area contributed by atoms with E-state index in [9.17, 15) is 13.2 Å². The van der Waals surface area contributed by atoms with Gasteiger partial charge in [-0.2, -0.15) is 13.2 Å². The number of hydrogen-bond acceptors (Lipinski definition) is 1. The van der Waals surface area contributed by atoms with Gasteiger partial charge in [0.2, 0.25) is 0 Å². The predicted molar refractivity (Wildman–Crippen MR) is 24.3 cm³/mol. The molecule has 0 aliphatic rings. The fourth-order valence-corrected chi connectivity index (χ4v) is 0.231. The monoisotopic (exact) mass is 127 g/mol. The predicted octanol–water partition coefficient (Wildman–Crippen LogP) is 1.29. The molecule has 0 aromatic carbocycles. The Bertz CT molecular complexity index is 68.2. The Balaban J connectivity index is 3.62. The van der Waals surface area contributed by atoms with Crippen LogP contribution < -0.4 is 5.73 Å². The van der Waals surface area contributed by atoms with Gasteiger partial charge < -0.3 is 5.73 Å². The number of hydrogen-bond donors (Lipinski definition) is 1. The molecule has 0 bridgehead atoms. The van der Waals surface area contributed by atoms with E-state index in [1.807, 2.05) is 0 Å². The maximum absolute atomic E-state index is 11.3. The van der Waals surface area contributed by atoms with E-state index in [4.69, 9.17) is 0 Å². The van der Waals surface area contributed by atoms with Crippen molar-refractivity contribution < 1.29 is 13.2 Å². The van der Waals surface area contributed by atoms with E-state index >= 15 is 0 Å². The molecule has 0 fully saturated rings. The highest BCUT2D eigenvalue weighted by Gasteiger charge is 2.34. The number of halogens is 3. The first kappa shape index (κ1) is 7.75. The van der Waals surface area contributed by atoms with Crippen molar-refractivity contribution in [3.05, 3.63) is 0 Å². The summed E-state index contributed by atoms with van der Waals surface area (Å²) in [6.45, 7) is 1.40. The van der Waals surface area contributed by atoms with Gasteiger partial charge in [0.05, 0.1) is 0 Å². The van der Waals surface area contributed by atoms with Gasteiger partial charge in [0.25, 0.3) is 0 Å². The SMILES string of the molecule is CCC(N)C(F)(F)F. The fraction of sp³-hybridized carbons (Fsp3) is 1.00. The summed E-state index contributed by atoms with van der Waals surface area (Å²) >= 11 is 0. The Kier molecular flexibility index (Phi) is 2.27. The molecule has 50 valence electrons. The van der Waals surface area contributed by atoms with Crippen molar-refractivity contribution in [1.29, 1.82) is 0 Å². The molecule has 0 radical (unpaired) electrons. The minimum atomic E-state index is -4.21. The third-order valence-corrected chi connectivity index (χ3v) is 0.860. The van der Waals surface area contributed by atoms with E-state index in [0.717, 1.165) is 0 Å². The minimum Gasteiger partial charge on any atom is -0.320 e. The molecule has 0 amide bonds. The molecule has 1 atom stereocenters. The zero-order valence-corrected chi connectivity index (χ0v) is 4.50. The van der Waals surface area contributed by atoms with Crippen molar-refractivity contribution >= 4 is 0 Å². The summed E-state index contributed by atoms with van der Waals surface area (Å²) in [5.74, 6) is 0. The van der Waals surface area contributed by atoms with E-state index in [1.165, 1.54) is 6.92 Å². The van der Waals surface area contributed by atoms with Crippen LogP contribution in [-0.2, 0) is 0 Å². The zero-order valence-electron chi connectivity index (χ0n) is 4.50. The van der Waals surface area contributed by atoms with Gasteiger partial charge in [0.15, 0.2) is 0 Å². The van der Waals surface area contributed by atoms with Crippen molar-refractivity contribution in [2.45, 2.75) is 25.6 Å². The molecule has 4 heteroatoms. The lowest BCUT2D eigenvalue weighted by atomic mass is 10.2. The van der Waals surface area contributed by atoms with Gasteiger partial charge >= 0.3 is 6.18 Å². The zero-order chi connectivity index (χ0) is 6.78. The van der Waals surface area contributed by atoms with E-state index in [1.54, 1.807) is 0 Å². The Morgan fingerprint density at radius 1 is 1.50 bits per heavy atom. The van der Waals surface area contributed by atoms with E-state index in [2.05, 4.69) is 5.73 Å². The van der Waals surface area contributed by atoms with Crippen LogP contribution in [0.5, 0.6) is 0 Å². The molecule has 0 rings (SSSR count). The molecule has 0 saturated heterocycles. The molecule has 0 aliphatic heterocycles. The van der Waals surface area contributed by atoms with Crippen LogP contribution in [0.2, 0.25) is 0 Å². The summed E-state index contributed by atoms with van der Waals surface area (Å²) in [5.41, 5.74) is 4.62.